The average Bonchev–Trinajstić information content (AvgIpc) is 2.34. The Hall–Kier alpha value is -0.410. The van der Waals surface area contributed by atoms with E-state index in [1.807, 2.05) is 13.8 Å². The molecular weight excluding hydrogens is 204 g/mol. The minimum atomic E-state index is -0.572. The Morgan fingerprint density at radius 1 is 1.44 bits per heavy atom. The van der Waals surface area contributed by atoms with E-state index in [-0.39, 0.29) is 12.0 Å². The number of aliphatic hydroxyl groups is 1. The van der Waals surface area contributed by atoms with Gasteiger partial charge in [-0.25, -0.2) is 0 Å². The van der Waals surface area contributed by atoms with Crippen LogP contribution in [0.1, 0.15) is 46.0 Å². The van der Waals surface area contributed by atoms with E-state index < -0.39 is 6.29 Å². The first-order chi connectivity index (χ1) is 7.63. The molecule has 5 unspecified atom stereocenters. The van der Waals surface area contributed by atoms with Gasteiger partial charge in [0.15, 0.2) is 6.29 Å². The zero-order valence-corrected chi connectivity index (χ0v) is 10.2. The molecule has 3 heteroatoms. The van der Waals surface area contributed by atoms with Gasteiger partial charge in [-0.15, -0.1) is 0 Å². The molecule has 2 aliphatic rings. The number of hydrogen-bond acceptors (Lipinski definition) is 3. The minimum absolute atomic E-state index is 0.0801. The number of carbonyl (C=O) groups is 1. The number of hydrogen-bond donors (Lipinski definition) is 1. The van der Waals surface area contributed by atoms with Crippen molar-refractivity contribution in [3.8, 4) is 0 Å². The molecule has 1 saturated carbocycles. The van der Waals surface area contributed by atoms with Crippen molar-refractivity contribution in [1.29, 1.82) is 0 Å². The van der Waals surface area contributed by atoms with E-state index in [1.165, 1.54) is 0 Å². The van der Waals surface area contributed by atoms with Gasteiger partial charge in [-0.05, 0) is 31.6 Å². The molecule has 1 N–H and O–H groups in total. The molecule has 0 radical (unpaired) electrons. The van der Waals surface area contributed by atoms with Crippen LogP contribution in [0.4, 0.5) is 0 Å². The van der Waals surface area contributed by atoms with E-state index in [4.69, 9.17) is 4.74 Å². The molecule has 1 heterocycles. The van der Waals surface area contributed by atoms with Crippen molar-refractivity contribution in [2.75, 3.05) is 0 Å². The topological polar surface area (TPSA) is 46.5 Å². The summed E-state index contributed by atoms with van der Waals surface area (Å²) in [5, 5.41) is 9.64. The number of fused-ring (bicyclic) bond motifs is 1. The van der Waals surface area contributed by atoms with Crippen molar-refractivity contribution in [3.05, 3.63) is 0 Å². The molecule has 1 aliphatic heterocycles. The summed E-state index contributed by atoms with van der Waals surface area (Å²) >= 11 is 0. The van der Waals surface area contributed by atoms with Gasteiger partial charge in [-0.1, -0.05) is 13.8 Å². The predicted molar refractivity (Wildman–Crippen MR) is 60.8 cm³/mol. The normalized spacial score (nSPS) is 38.9. The third kappa shape index (κ3) is 2.16. The lowest BCUT2D eigenvalue weighted by Gasteiger charge is -2.32. The number of rotatable bonds is 5. The molecule has 3 nitrogen and oxygen atoms in total. The van der Waals surface area contributed by atoms with Gasteiger partial charge in [0.05, 0.1) is 6.10 Å². The van der Waals surface area contributed by atoms with E-state index in [2.05, 4.69) is 0 Å². The highest BCUT2D eigenvalue weighted by Gasteiger charge is 2.49. The van der Waals surface area contributed by atoms with Crippen molar-refractivity contribution in [3.63, 3.8) is 0 Å². The summed E-state index contributed by atoms with van der Waals surface area (Å²) in [6.45, 7) is 4.02. The fourth-order valence-corrected chi connectivity index (χ4v) is 2.95. The van der Waals surface area contributed by atoms with Crippen LogP contribution in [-0.2, 0) is 9.53 Å². The smallest absolute Gasteiger partial charge is 0.158 e. The number of Topliss-reactive ketones (excluding diaryl/α,β-unsaturated/α-hetero) is 1. The molecule has 0 aromatic heterocycles. The van der Waals surface area contributed by atoms with Crippen molar-refractivity contribution < 1.29 is 14.6 Å². The molecule has 5 atom stereocenters. The monoisotopic (exact) mass is 226 g/mol. The highest BCUT2D eigenvalue weighted by Crippen LogP contribution is 2.48. The molecule has 0 aromatic carbocycles. The maximum absolute atomic E-state index is 11.7. The summed E-state index contributed by atoms with van der Waals surface area (Å²) in [4.78, 5) is 11.7. The second-order valence-corrected chi connectivity index (χ2v) is 5.32. The summed E-state index contributed by atoms with van der Waals surface area (Å²) in [6.07, 6.45) is 4.16. The van der Waals surface area contributed by atoms with Crippen molar-refractivity contribution in [2.45, 2.75) is 58.3 Å². The summed E-state index contributed by atoms with van der Waals surface area (Å²) in [7, 11) is 0. The van der Waals surface area contributed by atoms with E-state index >= 15 is 0 Å². The summed E-state index contributed by atoms with van der Waals surface area (Å²) in [5.74, 6) is 1.27. The summed E-state index contributed by atoms with van der Waals surface area (Å²) < 4.78 is 5.55. The Balaban J connectivity index is 1.83. The third-order valence-corrected chi connectivity index (χ3v) is 4.17. The standard InChI is InChI=1S/C13H22O3/c1-3-4-11(14)8(2)7-12-9-5-6-10(9)13(15)16-12/h8-10,12-13,15H,3-7H2,1-2H3. The predicted octanol–water partition coefficient (Wildman–Crippen LogP) is 2.13. The molecule has 0 amide bonds. The first-order valence-corrected chi connectivity index (χ1v) is 6.49. The molecule has 1 saturated heterocycles. The van der Waals surface area contributed by atoms with Crippen LogP contribution < -0.4 is 0 Å². The maximum atomic E-state index is 11.7. The Morgan fingerprint density at radius 3 is 2.62 bits per heavy atom. The van der Waals surface area contributed by atoms with E-state index in [0.29, 0.717) is 24.0 Å². The number of ether oxygens (including phenoxy) is 1. The molecule has 2 rings (SSSR count). The molecule has 0 aromatic rings. The first-order valence-electron chi connectivity index (χ1n) is 6.49. The van der Waals surface area contributed by atoms with Gasteiger partial charge in [0.2, 0.25) is 0 Å². The van der Waals surface area contributed by atoms with Crippen LogP contribution in [0.15, 0.2) is 0 Å². The van der Waals surface area contributed by atoms with Gasteiger partial charge >= 0.3 is 0 Å². The van der Waals surface area contributed by atoms with E-state index in [9.17, 15) is 9.90 Å². The molecular formula is C13H22O3. The van der Waals surface area contributed by atoms with Crippen LogP contribution in [0.25, 0.3) is 0 Å². The molecule has 16 heavy (non-hydrogen) atoms. The van der Waals surface area contributed by atoms with Crippen molar-refractivity contribution in [2.24, 2.45) is 17.8 Å². The Labute approximate surface area is 97.2 Å². The number of aliphatic hydroxyl groups excluding tert-OH is 1. The SMILES string of the molecule is CCCC(=O)C(C)CC1OC(O)C2CCC12. The zero-order chi connectivity index (χ0) is 11.7. The van der Waals surface area contributed by atoms with Gasteiger partial charge in [0.25, 0.3) is 0 Å². The molecule has 92 valence electrons. The van der Waals surface area contributed by atoms with Crippen LogP contribution in [0.5, 0.6) is 0 Å². The van der Waals surface area contributed by atoms with Crippen LogP contribution in [0, 0.1) is 17.8 Å². The number of ketones is 1. The zero-order valence-electron chi connectivity index (χ0n) is 10.2. The van der Waals surface area contributed by atoms with Crippen molar-refractivity contribution in [1.82, 2.24) is 0 Å². The second-order valence-electron chi connectivity index (χ2n) is 5.32. The van der Waals surface area contributed by atoms with Crippen LogP contribution in [0.2, 0.25) is 0 Å². The van der Waals surface area contributed by atoms with E-state index in [0.717, 1.165) is 25.7 Å². The lowest BCUT2D eigenvalue weighted by atomic mass is 9.71. The van der Waals surface area contributed by atoms with Crippen LogP contribution in [0.3, 0.4) is 0 Å². The summed E-state index contributed by atoms with van der Waals surface area (Å²) in [5.41, 5.74) is 0. The molecule has 0 bridgehead atoms. The lowest BCUT2D eigenvalue weighted by molar-refractivity contribution is -0.127. The van der Waals surface area contributed by atoms with Gasteiger partial charge in [0.1, 0.15) is 5.78 Å². The number of carbonyl (C=O) groups excluding carboxylic acids is 1. The van der Waals surface area contributed by atoms with Gasteiger partial charge in [0, 0.05) is 18.3 Å². The van der Waals surface area contributed by atoms with Gasteiger partial charge in [-0.3, -0.25) is 4.79 Å². The minimum Gasteiger partial charge on any atom is -0.368 e. The van der Waals surface area contributed by atoms with E-state index in [1.54, 1.807) is 0 Å². The Bertz CT molecular complexity index is 264. The first kappa shape index (κ1) is 12.1. The van der Waals surface area contributed by atoms with Gasteiger partial charge < -0.3 is 9.84 Å². The molecule has 1 aliphatic carbocycles. The quantitative estimate of drug-likeness (QED) is 0.781. The summed E-state index contributed by atoms with van der Waals surface area (Å²) in [6, 6.07) is 0. The van der Waals surface area contributed by atoms with Crippen molar-refractivity contribution >= 4 is 5.78 Å². The highest BCUT2D eigenvalue weighted by molar-refractivity contribution is 5.80. The van der Waals surface area contributed by atoms with Crippen LogP contribution in [-0.4, -0.2) is 23.3 Å². The third-order valence-electron chi connectivity index (χ3n) is 4.17. The fraction of sp³-hybridized carbons (Fsp3) is 0.923. The maximum Gasteiger partial charge on any atom is 0.158 e. The largest absolute Gasteiger partial charge is 0.368 e. The fourth-order valence-electron chi connectivity index (χ4n) is 2.95. The highest BCUT2D eigenvalue weighted by atomic mass is 16.6. The molecule has 2 fully saturated rings. The Kier molecular flexibility index (Phi) is 3.65. The second kappa shape index (κ2) is 4.84. The average molecular weight is 226 g/mol. The van der Waals surface area contributed by atoms with Gasteiger partial charge in [-0.2, -0.15) is 0 Å². The lowest BCUT2D eigenvalue weighted by Crippen LogP contribution is -2.32. The molecule has 0 spiro atoms. The Morgan fingerprint density at radius 2 is 2.12 bits per heavy atom. The van der Waals surface area contributed by atoms with Crippen LogP contribution >= 0.6 is 0 Å².